The molecule has 0 saturated heterocycles. The molecule has 1 fully saturated rings. The molecule has 2 aromatic heterocycles. The summed E-state index contributed by atoms with van der Waals surface area (Å²) in [5, 5.41) is 8.38. The van der Waals surface area contributed by atoms with Crippen LogP contribution in [0.1, 0.15) is 39.0 Å². The van der Waals surface area contributed by atoms with Crippen LogP contribution in [0, 0.1) is 11.3 Å². The van der Waals surface area contributed by atoms with Crippen LogP contribution in [0.2, 0.25) is 51.4 Å². The molecule has 1 aromatic carbocycles. The topological polar surface area (TPSA) is 75.4 Å². The van der Waals surface area contributed by atoms with Crippen LogP contribution >= 0.6 is 0 Å². The SMILES string of the molecule is CC(C)(C)OCNc1ccc2c(c1)nc(-c1nn(COCC[Si](C)(C)C)c3c1CC1C(F)(F)C1(C)C3)n2COCC[Si](C)(C)C. The molecule has 45 heavy (non-hydrogen) atoms. The minimum absolute atomic E-state index is 0.244. The molecule has 2 atom stereocenters. The zero-order valence-corrected chi connectivity index (χ0v) is 30.9. The van der Waals surface area contributed by atoms with E-state index in [-0.39, 0.29) is 25.2 Å². The van der Waals surface area contributed by atoms with Crippen LogP contribution in [-0.4, -0.2) is 66.9 Å². The first-order chi connectivity index (χ1) is 20.8. The van der Waals surface area contributed by atoms with Gasteiger partial charge in [0, 0.05) is 64.1 Å². The third-order valence-electron chi connectivity index (χ3n) is 9.16. The van der Waals surface area contributed by atoms with Crippen molar-refractivity contribution in [2.45, 2.75) is 117 Å². The Balaban J connectivity index is 1.51. The van der Waals surface area contributed by atoms with Crippen molar-refractivity contribution in [3.05, 3.63) is 29.5 Å². The first kappa shape index (κ1) is 34.2. The second-order valence-electron chi connectivity index (χ2n) is 16.6. The van der Waals surface area contributed by atoms with Crippen LogP contribution in [0.4, 0.5) is 14.5 Å². The predicted molar refractivity (Wildman–Crippen MR) is 182 cm³/mol. The third-order valence-corrected chi connectivity index (χ3v) is 12.6. The van der Waals surface area contributed by atoms with E-state index in [9.17, 15) is 0 Å². The Morgan fingerprint density at radius 3 is 2.27 bits per heavy atom. The van der Waals surface area contributed by atoms with E-state index in [1.165, 1.54) is 0 Å². The van der Waals surface area contributed by atoms with Gasteiger partial charge in [0.1, 0.15) is 25.9 Å². The number of fused-ring (bicyclic) bond motifs is 3. The first-order valence-electron chi connectivity index (χ1n) is 16.3. The lowest BCUT2D eigenvalue weighted by molar-refractivity contribution is 0.00846. The number of halogens is 2. The number of hydrogen-bond acceptors (Lipinski definition) is 6. The number of rotatable bonds is 14. The highest BCUT2D eigenvalue weighted by Crippen LogP contribution is 2.70. The molecule has 2 aliphatic carbocycles. The molecule has 250 valence electrons. The normalized spacial score (nSPS) is 21.2. The predicted octanol–water partition coefficient (Wildman–Crippen LogP) is 8.08. The van der Waals surface area contributed by atoms with Crippen molar-refractivity contribution < 1.29 is 23.0 Å². The molecule has 2 heterocycles. The van der Waals surface area contributed by atoms with Gasteiger partial charge in [0.2, 0.25) is 0 Å². The summed E-state index contributed by atoms with van der Waals surface area (Å²) in [6.07, 6.45) is 0.554. The number of hydrogen-bond donors (Lipinski definition) is 1. The van der Waals surface area contributed by atoms with E-state index in [4.69, 9.17) is 24.3 Å². The molecule has 0 radical (unpaired) electrons. The van der Waals surface area contributed by atoms with Crippen LogP contribution in [0.25, 0.3) is 22.6 Å². The van der Waals surface area contributed by atoms with E-state index in [0.29, 0.717) is 38.2 Å². The quantitative estimate of drug-likeness (QED) is 0.107. The van der Waals surface area contributed by atoms with E-state index < -0.39 is 33.4 Å². The summed E-state index contributed by atoms with van der Waals surface area (Å²) in [7, 11) is -2.56. The average molecular weight is 662 g/mol. The lowest BCUT2D eigenvalue weighted by Gasteiger charge is -2.20. The lowest BCUT2D eigenvalue weighted by atomic mass is 9.87. The van der Waals surface area contributed by atoms with Gasteiger partial charge in [0.25, 0.3) is 5.92 Å². The second kappa shape index (κ2) is 12.2. The number of benzene rings is 1. The molecule has 8 nitrogen and oxygen atoms in total. The van der Waals surface area contributed by atoms with Crippen molar-refractivity contribution in [2.75, 3.05) is 25.3 Å². The van der Waals surface area contributed by atoms with Crippen molar-refractivity contribution in [1.82, 2.24) is 19.3 Å². The number of alkyl halides is 2. The summed E-state index contributed by atoms with van der Waals surface area (Å²) < 4.78 is 52.3. The molecule has 0 amide bonds. The first-order valence-corrected chi connectivity index (χ1v) is 23.7. The van der Waals surface area contributed by atoms with Gasteiger partial charge in [0.05, 0.1) is 16.6 Å². The number of aromatic nitrogens is 4. The van der Waals surface area contributed by atoms with Gasteiger partial charge < -0.3 is 19.5 Å². The van der Waals surface area contributed by atoms with Crippen molar-refractivity contribution in [3.63, 3.8) is 0 Å². The molecular weight excluding hydrogens is 609 g/mol. The van der Waals surface area contributed by atoms with Gasteiger partial charge in [-0.2, -0.15) is 5.10 Å². The molecular formula is C33H53F2N5O3Si2. The Morgan fingerprint density at radius 1 is 1.00 bits per heavy atom. The van der Waals surface area contributed by atoms with E-state index in [0.717, 1.165) is 40.1 Å². The van der Waals surface area contributed by atoms with Crippen LogP contribution in [-0.2, 0) is 40.5 Å². The number of ether oxygens (including phenoxy) is 3. The zero-order valence-electron chi connectivity index (χ0n) is 28.9. The summed E-state index contributed by atoms with van der Waals surface area (Å²) >= 11 is 0. The van der Waals surface area contributed by atoms with Gasteiger partial charge in [-0.15, -0.1) is 0 Å². The number of imidazole rings is 1. The van der Waals surface area contributed by atoms with Gasteiger partial charge in [0.15, 0.2) is 5.82 Å². The van der Waals surface area contributed by atoms with Gasteiger partial charge >= 0.3 is 0 Å². The highest BCUT2D eigenvalue weighted by molar-refractivity contribution is 6.76. The molecule has 2 unspecified atom stereocenters. The van der Waals surface area contributed by atoms with Gasteiger partial charge in [-0.3, -0.25) is 4.57 Å². The minimum atomic E-state index is -2.69. The fraction of sp³-hybridized carbons (Fsp3) is 0.697. The monoisotopic (exact) mass is 661 g/mol. The highest BCUT2D eigenvalue weighted by Gasteiger charge is 2.78. The zero-order chi connectivity index (χ0) is 33.0. The van der Waals surface area contributed by atoms with E-state index in [1.54, 1.807) is 6.92 Å². The highest BCUT2D eigenvalue weighted by atomic mass is 28.3. The van der Waals surface area contributed by atoms with Gasteiger partial charge in [-0.05, 0) is 57.5 Å². The van der Waals surface area contributed by atoms with Crippen molar-refractivity contribution in [1.29, 1.82) is 0 Å². The molecule has 0 bridgehead atoms. The van der Waals surface area contributed by atoms with Crippen LogP contribution in [0.15, 0.2) is 18.2 Å². The Bertz CT molecular complexity index is 1520. The minimum Gasteiger partial charge on any atom is -0.363 e. The van der Waals surface area contributed by atoms with E-state index in [2.05, 4.69) is 44.6 Å². The van der Waals surface area contributed by atoms with Crippen LogP contribution in [0.3, 0.4) is 0 Å². The summed E-state index contributed by atoms with van der Waals surface area (Å²) in [6, 6.07) is 8.11. The van der Waals surface area contributed by atoms with E-state index in [1.807, 2.05) is 48.2 Å². The molecule has 1 N–H and O–H groups in total. The van der Waals surface area contributed by atoms with Gasteiger partial charge in [-0.1, -0.05) is 46.2 Å². The Kier molecular flexibility index (Phi) is 9.24. The molecule has 1 saturated carbocycles. The maximum atomic E-state index is 15.1. The standard InChI is InChI=1S/C33H53F2N5O3Si2/c1-31(2,3)43-20-36-23-11-12-26-25(17-23)37-30(39(26)21-41-13-15-44(5,6)7)29-24-18-28-32(4,33(28,34)35)19-27(24)40(38-29)22-42-14-16-45(8,9)10/h11-12,17,28,36H,13-16,18-22H2,1-10H3. The molecule has 2 aliphatic rings. The van der Waals surface area contributed by atoms with Gasteiger partial charge in [-0.25, -0.2) is 18.4 Å². The third kappa shape index (κ3) is 7.55. The summed E-state index contributed by atoms with van der Waals surface area (Å²) in [6.45, 7) is 23.9. The Morgan fingerprint density at radius 2 is 1.64 bits per heavy atom. The molecule has 0 spiro atoms. The maximum absolute atomic E-state index is 15.1. The second-order valence-corrected chi connectivity index (χ2v) is 27.8. The molecule has 12 heteroatoms. The Labute approximate surface area is 269 Å². The van der Waals surface area contributed by atoms with E-state index >= 15 is 8.78 Å². The summed E-state index contributed by atoms with van der Waals surface area (Å²) in [5.74, 6) is -2.74. The number of nitrogens with one attached hydrogen (secondary N) is 1. The lowest BCUT2D eigenvalue weighted by Crippen LogP contribution is -2.23. The largest absolute Gasteiger partial charge is 0.363 e. The van der Waals surface area contributed by atoms with Crippen LogP contribution in [0.5, 0.6) is 0 Å². The summed E-state index contributed by atoms with van der Waals surface area (Å²) in [4.78, 5) is 5.08. The smallest absolute Gasteiger partial charge is 0.258 e. The number of nitrogens with zero attached hydrogens (tertiary/aromatic N) is 4. The molecule has 5 rings (SSSR count). The Hall–Kier alpha value is -2.13. The van der Waals surface area contributed by atoms with Crippen molar-refractivity contribution in [2.24, 2.45) is 11.3 Å². The molecule has 0 aliphatic heterocycles. The number of anilines is 1. The average Bonchev–Trinajstić information content (AvgIpc) is 3.19. The van der Waals surface area contributed by atoms with Crippen molar-refractivity contribution >= 4 is 32.9 Å². The van der Waals surface area contributed by atoms with Crippen LogP contribution < -0.4 is 5.32 Å². The van der Waals surface area contributed by atoms with Crippen molar-refractivity contribution in [3.8, 4) is 11.5 Å². The fourth-order valence-corrected chi connectivity index (χ4v) is 7.52. The fourth-order valence-electron chi connectivity index (χ4n) is 6.00. The summed E-state index contributed by atoms with van der Waals surface area (Å²) in [5.41, 5.74) is 3.64. The maximum Gasteiger partial charge on any atom is 0.258 e. The molecule has 3 aromatic rings.